The molecule has 0 amide bonds. The molecule has 0 saturated heterocycles. The molecular formula is C24H41NO2. The Morgan fingerprint density at radius 1 is 1.07 bits per heavy atom. The zero-order chi connectivity index (χ0) is 19.4. The van der Waals surface area contributed by atoms with Crippen LogP contribution in [0.1, 0.15) is 78.1 Å². The van der Waals surface area contributed by atoms with Crippen molar-refractivity contribution >= 4 is 0 Å². The first kappa shape index (κ1) is 19.9. The van der Waals surface area contributed by atoms with Gasteiger partial charge in [-0.05, 0) is 113 Å². The Balaban J connectivity index is 1.55. The molecule has 154 valence electrons. The van der Waals surface area contributed by atoms with E-state index in [0.29, 0.717) is 11.3 Å². The van der Waals surface area contributed by atoms with Gasteiger partial charge in [0.2, 0.25) is 0 Å². The van der Waals surface area contributed by atoms with Crippen LogP contribution < -0.4 is 0 Å². The summed E-state index contributed by atoms with van der Waals surface area (Å²) in [6.07, 6.45) is 13.3. The fraction of sp³-hybridized carbons (Fsp3) is 0.917. The summed E-state index contributed by atoms with van der Waals surface area (Å²) in [6, 6.07) is 0. The SMILES string of the molecule is CN(C)CCC[C@]1(O)CC[C@H]2[C@@H]3CC=C4C[C@@H](O)CC[C@]4(C)[C@H]3CC[C@@]21C. The molecule has 0 aromatic carbocycles. The molecule has 3 nitrogen and oxygen atoms in total. The normalized spacial score (nSPS) is 49.4. The van der Waals surface area contributed by atoms with Gasteiger partial charge in [-0.2, -0.15) is 0 Å². The zero-order valence-electron chi connectivity index (χ0n) is 18.0. The van der Waals surface area contributed by atoms with Crippen LogP contribution in [0.25, 0.3) is 0 Å². The van der Waals surface area contributed by atoms with E-state index < -0.39 is 5.60 Å². The van der Waals surface area contributed by atoms with E-state index in [-0.39, 0.29) is 11.5 Å². The van der Waals surface area contributed by atoms with Crippen LogP contribution >= 0.6 is 0 Å². The van der Waals surface area contributed by atoms with Crippen molar-refractivity contribution in [1.82, 2.24) is 4.90 Å². The molecule has 0 unspecified atom stereocenters. The molecule has 0 aliphatic heterocycles. The summed E-state index contributed by atoms with van der Waals surface area (Å²) in [6.45, 7) is 5.98. The van der Waals surface area contributed by atoms with E-state index in [1.807, 2.05) is 0 Å². The van der Waals surface area contributed by atoms with Gasteiger partial charge >= 0.3 is 0 Å². The van der Waals surface area contributed by atoms with E-state index in [4.69, 9.17) is 0 Å². The van der Waals surface area contributed by atoms with Gasteiger partial charge in [-0.25, -0.2) is 0 Å². The van der Waals surface area contributed by atoms with Crippen molar-refractivity contribution in [3.05, 3.63) is 11.6 Å². The lowest BCUT2D eigenvalue weighted by atomic mass is 9.47. The Kier molecular flexibility index (Phi) is 5.05. The molecule has 3 fully saturated rings. The third-order valence-corrected chi connectivity index (χ3v) is 9.60. The molecular weight excluding hydrogens is 334 g/mol. The van der Waals surface area contributed by atoms with Crippen LogP contribution in [-0.2, 0) is 0 Å². The third-order valence-electron chi connectivity index (χ3n) is 9.60. The van der Waals surface area contributed by atoms with Gasteiger partial charge in [0, 0.05) is 0 Å². The molecule has 0 aromatic heterocycles. The van der Waals surface area contributed by atoms with Gasteiger partial charge in [0.05, 0.1) is 11.7 Å². The second-order valence-electron chi connectivity index (χ2n) is 11.1. The van der Waals surface area contributed by atoms with Gasteiger partial charge in [-0.1, -0.05) is 25.5 Å². The maximum atomic E-state index is 11.7. The molecule has 27 heavy (non-hydrogen) atoms. The number of nitrogens with zero attached hydrogens (tertiary/aromatic N) is 1. The monoisotopic (exact) mass is 375 g/mol. The molecule has 4 rings (SSSR count). The molecule has 4 aliphatic carbocycles. The Hall–Kier alpha value is -0.380. The molecule has 0 heterocycles. The van der Waals surface area contributed by atoms with Crippen molar-refractivity contribution in [3.8, 4) is 0 Å². The molecule has 2 N–H and O–H groups in total. The average molecular weight is 376 g/mol. The van der Waals surface area contributed by atoms with Crippen LogP contribution in [-0.4, -0.2) is 47.5 Å². The summed E-state index contributed by atoms with van der Waals surface area (Å²) in [5.74, 6) is 2.16. The van der Waals surface area contributed by atoms with Gasteiger partial charge in [0.25, 0.3) is 0 Å². The minimum absolute atomic E-state index is 0.0936. The Bertz CT molecular complexity index is 601. The second kappa shape index (κ2) is 6.85. The Labute approximate surface area is 166 Å². The van der Waals surface area contributed by atoms with Gasteiger partial charge in [-0.15, -0.1) is 0 Å². The van der Waals surface area contributed by atoms with Crippen LogP contribution in [0.2, 0.25) is 0 Å². The lowest BCUT2D eigenvalue weighted by Crippen LogP contribution is -2.54. The molecule has 0 aromatic rings. The molecule has 3 heteroatoms. The van der Waals surface area contributed by atoms with Gasteiger partial charge in [0.15, 0.2) is 0 Å². The summed E-state index contributed by atoms with van der Waals surface area (Å²) in [5.41, 5.74) is 1.47. The Morgan fingerprint density at radius 3 is 2.56 bits per heavy atom. The number of aliphatic hydroxyl groups excluding tert-OH is 1. The highest BCUT2D eigenvalue weighted by Gasteiger charge is 2.63. The van der Waals surface area contributed by atoms with Crippen LogP contribution in [0.3, 0.4) is 0 Å². The third kappa shape index (κ3) is 3.04. The first-order valence-electron chi connectivity index (χ1n) is 11.4. The summed E-state index contributed by atoms with van der Waals surface area (Å²) >= 11 is 0. The quantitative estimate of drug-likeness (QED) is 0.717. The predicted molar refractivity (Wildman–Crippen MR) is 110 cm³/mol. The minimum Gasteiger partial charge on any atom is -0.393 e. The van der Waals surface area contributed by atoms with Crippen molar-refractivity contribution < 1.29 is 10.2 Å². The van der Waals surface area contributed by atoms with Crippen molar-refractivity contribution in [1.29, 1.82) is 0 Å². The number of hydrogen-bond acceptors (Lipinski definition) is 3. The number of hydrogen-bond donors (Lipinski definition) is 2. The maximum Gasteiger partial charge on any atom is 0.0704 e. The van der Waals surface area contributed by atoms with Gasteiger partial charge in [-0.3, -0.25) is 0 Å². The number of rotatable bonds is 4. The van der Waals surface area contributed by atoms with E-state index in [1.165, 1.54) is 25.7 Å². The van der Waals surface area contributed by atoms with Crippen molar-refractivity contribution in [2.45, 2.75) is 89.8 Å². The standard InChI is InChI=1S/C24H41NO2/c1-22-12-8-18(26)16-17(22)6-7-19-20(22)9-13-23(2)21(19)10-14-24(23,27)11-5-15-25(3)4/h6,18-21,26-27H,5,7-16H2,1-4H3/t18-,19+,20-,21-,22-,23-,24-/m0/s1. The highest BCUT2D eigenvalue weighted by atomic mass is 16.3. The summed E-state index contributed by atoms with van der Waals surface area (Å²) in [7, 11) is 4.25. The smallest absolute Gasteiger partial charge is 0.0704 e. The van der Waals surface area contributed by atoms with E-state index in [2.05, 4.69) is 38.9 Å². The molecule has 0 radical (unpaired) electrons. The van der Waals surface area contributed by atoms with Crippen LogP contribution in [0.5, 0.6) is 0 Å². The lowest BCUT2D eigenvalue weighted by Gasteiger charge is -2.59. The highest BCUT2D eigenvalue weighted by Crippen LogP contribution is 2.67. The van der Waals surface area contributed by atoms with Gasteiger partial charge < -0.3 is 15.1 Å². The summed E-state index contributed by atoms with van der Waals surface area (Å²) in [4.78, 5) is 2.24. The van der Waals surface area contributed by atoms with Crippen molar-refractivity contribution in [3.63, 3.8) is 0 Å². The molecule has 3 saturated carbocycles. The van der Waals surface area contributed by atoms with E-state index >= 15 is 0 Å². The summed E-state index contributed by atoms with van der Waals surface area (Å²) in [5, 5.41) is 21.9. The molecule has 0 spiro atoms. The first-order valence-corrected chi connectivity index (χ1v) is 11.4. The second-order valence-corrected chi connectivity index (χ2v) is 11.1. The van der Waals surface area contributed by atoms with Crippen molar-refractivity contribution in [2.24, 2.45) is 28.6 Å². The molecule has 7 atom stereocenters. The predicted octanol–water partition coefficient (Wildman–Crippen LogP) is 4.38. The largest absolute Gasteiger partial charge is 0.393 e. The number of allylic oxidation sites excluding steroid dienone is 1. The minimum atomic E-state index is -0.466. The molecule has 0 bridgehead atoms. The number of aliphatic hydroxyl groups is 2. The van der Waals surface area contributed by atoms with Gasteiger partial charge in [0.1, 0.15) is 0 Å². The fourth-order valence-electron chi connectivity index (χ4n) is 7.85. The van der Waals surface area contributed by atoms with E-state index in [0.717, 1.165) is 56.9 Å². The van der Waals surface area contributed by atoms with Crippen LogP contribution in [0, 0.1) is 28.6 Å². The zero-order valence-corrected chi connectivity index (χ0v) is 18.0. The number of fused-ring (bicyclic) bond motifs is 5. The maximum absolute atomic E-state index is 11.7. The van der Waals surface area contributed by atoms with Crippen molar-refractivity contribution in [2.75, 3.05) is 20.6 Å². The summed E-state index contributed by atoms with van der Waals surface area (Å²) < 4.78 is 0. The Morgan fingerprint density at radius 2 is 1.81 bits per heavy atom. The van der Waals surface area contributed by atoms with Crippen LogP contribution in [0.15, 0.2) is 11.6 Å². The highest BCUT2D eigenvalue weighted by molar-refractivity contribution is 5.26. The van der Waals surface area contributed by atoms with E-state index in [9.17, 15) is 10.2 Å². The van der Waals surface area contributed by atoms with Crippen LogP contribution in [0.4, 0.5) is 0 Å². The lowest BCUT2D eigenvalue weighted by molar-refractivity contribution is -0.128. The molecule has 4 aliphatic rings. The fourth-order valence-corrected chi connectivity index (χ4v) is 7.85. The first-order chi connectivity index (χ1) is 12.7. The van der Waals surface area contributed by atoms with E-state index in [1.54, 1.807) is 5.57 Å². The topological polar surface area (TPSA) is 43.7 Å². The average Bonchev–Trinajstić information content (AvgIpc) is 2.87.